The van der Waals surface area contributed by atoms with Gasteiger partial charge in [0.2, 0.25) is 0 Å². The third-order valence-electron chi connectivity index (χ3n) is 3.79. The number of nitro benzene ring substituents is 1. The number of hydrazone groups is 1. The predicted octanol–water partition coefficient (Wildman–Crippen LogP) is 3.06. The molecule has 8 nitrogen and oxygen atoms in total. The summed E-state index contributed by atoms with van der Waals surface area (Å²) >= 11 is 0. The van der Waals surface area contributed by atoms with E-state index in [1.165, 1.54) is 36.5 Å². The highest BCUT2D eigenvalue weighted by Crippen LogP contribution is 2.25. The topological polar surface area (TPSA) is 118 Å². The van der Waals surface area contributed by atoms with Gasteiger partial charge in [0.05, 0.1) is 27.9 Å². The molecule has 0 fully saturated rings. The number of phenols is 1. The lowest BCUT2D eigenvalue weighted by molar-refractivity contribution is -0.385. The fourth-order valence-corrected chi connectivity index (χ4v) is 2.47. The van der Waals surface area contributed by atoms with Crippen LogP contribution in [0.4, 0.5) is 10.1 Å². The molecular weight excluding hydrogens is 355 g/mol. The number of nitrogens with zero attached hydrogens (tertiary/aromatic N) is 3. The summed E-state index contributed by atoms with van der Waals surface area (Å²) in [4.78, 5) is 26.6. The summed E-state index contributed by atoms with van der Waals surface area (Å²) in [6, 6.07) is 9.28. The van der Waals surface area contributed by atoms with Crippen LogP contribution in [-0.2, 0) is 0 Å². The van der Waals surface area contributed by atoms with E-state index in [4.69, 9.17) is 0 Å². The van der Waals surface area contributed by atoms with Crippen molar-refractivity contribution in [3.05, 3.63) is 75.2 Å². The van der Waals surface area contributed by atoms with Gasteiger partial charge in [-0.25, -0.2) is 9.82 Å². The summed E-state index contributed by atoms with van der Waals surface area (Å²) in [6.45, 7) is 1.64. The fourth-order valence-electron chi connectivity index (χ4n) is 2.47. The average Bonchev–Trinajstić information content (AvgIpc) is 2.62. The molecule has 1 heterocycles. The van der Waals surface area contributed by atoms with Gasteiger partial charge in [-0.05, 0) is 43.3 Å². The standard InChI is InChI=1S/C18H13FN4O4/c1-10-14(8-12-7-13(19)3-4-15(12)21-10)18(25)22-20-9-11-2-5-17(24)16(6-11)23(26)27/h2-9,24H,1H3,(H,22,25)/b20-9-. The number of aromatic nitrogens is 1. The summed E-state index contributed by atoms with van der Waals surface area (Å²) in [7, 11) is 0. The van der Waals surface area contributed by atoms with Crippen LogP contribution in [-0.4, -0.2) is 27.1 Å². The van der Waals surface area contributed by atoms with E-state index in [2.05, 4.69) is 15.5 Å². The highest BCUT2D eigenvalue weighted by atomic mass is 19.1. The fraction of sp³-hybridized carbons (Fsp3) is 0.0556. The van der Waals surface area contributed by atoms with Crippen molar-refractivity contribution in [1.29, 1.82) is 0 Å². The molecule has 2 aromatic carbocycles. The molecule has 2 N–H and O–H groups in total. The van der Waals surface area contributed by atoms with Crippen molar-refractivity contribution in [1.82, 2.24) is 10.4 Å². The van der Waals surface area contributed by atoms with Gasteiger partial charge in [-0.2, -0.15) is 5.10 Å². The van der Waals surface area contributed by atoms with Crippen molar-refractivity contribution in [3.8, 4) is 5.75 Å². The predicted molar refractivity (Wildman–Crippen MR) is 96.3 cm³/mol. The van der Waals surface area contributed by atoms with Gasteiger partial charge < -0.3 is 5.11 Å². The van der Waals surface area contributed by atoms with E-state index in [0.717, 1.165) is 12.1 Å². The van der Waals surface area contributed by atoms with Crippen LogP contribution >= 0.6 is 0 Å². The third-order valence-corrected chi connectivity index (χ3v) is 3.79. The molecule has 0 bridgehead atoms. The minimum atomic E-state index is -0.728. The number of nitro groups is 1. The van der Waals surface area contributed by atoms with E-state index >= 15 is 0 Å². The molecule has 0 aliphatic carbocycles. The molecule has 0 atom stereocenters. The van der Waals surface area contributed by atoms with Crippen molar-refractivity contribution in [2.24, 2.45) is 5.10 Å². The molecule has 9 heteroatoms. The van der Waals surface area contributed by atoms with Crippen LogP contribution in [0.15, 0.2) is 47.6 Å². The van der Waals surface area contributed by atoms with Gasteiger partial charge in [-0.1, -0.05) is 0 Å². The van der Waals surface area contributed by atoms with Gasteiger partial charge in [-0.15, -0.1) is 0 Å². The second-order valence-electron chi connectivity index (χ2n) is 5.66. The Kier molecular flexibility index (Phi) is 4.75. The summed E-state index contributed by atoms with van der Waals surface area (Å²) in [5.74, 6) is -1.46. The number of phenolic OH excluding ortho intramolecular Hbond substituents is 1. The Morgan fingerprint density at radius 3 is 2.81 bits per heavy atom. The Balaban J connectivity index is 1.81. The molecule has 0 aliphatic heterocycles. The maximum atomic E-state index is 13.4. The highest BCUT2D eigenvalue weighted by molar-refractivity contribution is 5.99. The normalized spacial score (nSPS) is 11.0. The van der Waals surface area contributed by atoms with Crippen molar-refractivity contribution in [2.45, 2.75) is 6.92 Å². The molecule has 3 aromatic rings. The van der Waals surface area contributed by atoms with Crippen molar-refractivity contribution >= 4 is 28.7 Å². The van der Waals surface area contributed by atoms with Gasteiger partial charge in [0.25, 0.3) is 5.91 Å². The van der Waals surface area contributed by atoms with Crippen LogP contribution in [0.3, 0.4) is 0 Å². The Morgan fingerprint density at radius 1 is 1.30 bits per heavy atom. The number of carbonyl (C=O) groups excluding carboxylic acids is 1. The Hall–Kier alpha value is -3.88. The minimum absolute atomic E-state index is 0.224. The van der Waals surface area contributed by atoms with Gasteiger partial charge in [-0.3, -0.25) is 19.9 Å². The number of aryl methyl sites for hydroxylation is 1. The quantitative estimate of drug-likeness (QED) is 0.417. The molecule has 136 valence electrons. The maximum absolute atomic E-state index is 13.4. The van der Waals surface area contributed by atoms with E-state index in [1.54, 1.807) is 6.92 Å². The summed E-state index contributed by atoms with van der Waals surface area (Å²) < 4.78 is 13.4. The summed E-state index contributed by atoms with van der Waals surface area (Å²) in [6.07, 6.45) is 1.20. The Morgan fingerprint density at radius 2 is 2.07 bits per heavy atom. The first-order chi connectivity index (χ1) is 12.8. The third kappa shape index (κ3) is 3.87. The molecule has 0 spiro atoms. The largest absolute Gasteiger partial charge is 0.502 e. The van der Waals surface area contributed by atoms with Crippen LogP contribution in [0.25, 0.3) is 10.9 Å². The molecule has 0 saturated carbocycles. The highest BCUT2D eigenvalue weighted by Gasteiger charge is 2.14. The van der Waals surface area contributed by atoms with E-state index < -0.39 is 28.1 Å². The second-order valence-corrected chi connectivity index (χ2v) is 5.66. The number of halogens is 1. The van der Waals surface area contributed by atoms with Crippen LogP contribution < -0.4 is 5.43 Å². The first-order valence-corrected chi connectivity index (χ1v) is 7.73. The van der Waals surface area contributed by atoms with Gasteiger partial charge in [0, 0.05) is 17.0 Å². The lowest BCUT2D eigenvalue weighted by Gasteiger charge is -2.06. The maximum Gasteiger partial charge on any atom is 0.311 e. The van der Waals surface area contributed by atoms with E-state index in [1.807, 2.05) is 0 Å². The number of pyridine rings is 1. The van der Waals surface area contributed by atoms with E-state index in [9.17, 15) is 24.4 Å². The molecule has 1 aromatic heterocycles. The second kappa shape index (κ2) is 7.16. The van der Waals surface area contributed by atoms with E-state index in [0.29, 0.717) is 22.2 Å². The zero-order valence-electron chi connectivity index (χ0n) is 14.0. The van der Waals surface area contributed by atoms with Crippen LogP contribution in [0.1, 0.15) is 21.6 Å². The summed E-state index contributed by atoms with van der Waals surface area (Å²) in [5, 5.41) is 24.5. The number of fused-ring (bicyclic) bond motifs is 1. The Labute approximate surface area is 152 Å². The smallest absolute Gasteiger partial charge is 0.311 e. The first-order valence-electron chi connectivity index (χ1n) is 7.73. The van der Waals surface area contributed by atoms with Crippen molar-refractivity contribution in [2.75, 3.05) is 0 Å². The molecule has 0 aliphatic rings. The molecular formula is C18H13FN4O4. The number of rotatable bonds is 4. The minimum Gasteiger partial charge on any atom is -0.502 e. The van der Waals surface area contributed by atoms with Crippen molar-refractivity contribution in [3.63, 3.8) is 0 Å². The Bertz CT molecular complexity index is 1100. The zero-order valence-corrected chi connectivity index (χ0v) is 14.0. The summed E-state index contributed by atoms with van der Waals surface area (Å²) in [5.41, 5.74) is 3.37. The molecule has 0 radical (unpaired) electrons. The lowest BCUT2D eigenvalue weighted by atomic mass is 10.1. The number of hydrogen-bond acceptors (Lipinski definition) is 6. The van der Waals surface area contributed by atoms with Crippen molar-refractivity contribution < 1.29 is 19.2 Å². The number of benzene rings is 2. The molecule has 0 saturated heterocycles. The molecule has 27 heavy (non-hydrogen) atoms. The molecule has 3 rings (SSSR count). The monoisotopic (exact) mass is 368 g/mol. The van der Waals surface area contributed by atoms with Crippen LogP contribution in [0, 0.1) is 22.9 Å². The van der Waals surface area contributed by atoms with E-state index in [-0.39, 0.29) is 5.56 Å². The lowest BCUT2D eigenvalue weighted by Crippen LogP contribution is -2.19. The zero-order chi connectivity index (χ0) is 19.6. The number of amides is 1. The number of nitrogens with one attached hydrogen (secondary N) is 1. The molecule has 1 amide bonds. The first kappa shape index (κ1) is 17.9. The number of hydrogen-bond donors (Lipinski definition) is 2. The molecule has 0 unspecified atom stereocenters. The average molecular weight is 368 g/mol. The SMILES string of the molecule is Cc1nc2ccc(F)cc2cc1C(=O)N/N=C\c1ccc(O)c([N+](=O)[O-])c1. The van der Waals surface area contributed by atoms with Crippen LogP contribution in [0.5, 0.6) is 5.75 Å². The number of aromatic hydroxyl groups is 1. The van der Waals surface area contributed by atoms with Gasteiger partial charge >= 0.3 is 5.69 Å². The number of carbonyl (C=O) groups is 1. The van der Waals surface area contributed by atoms with Gasteiger partial charge in [0.1, 0.15) is 5.82 Å². The van der Waals surface area contributed by atoms with Crippen LogP contribution in [0.2, 0.25) is 0 Å². The van der Waals surface area contributed by atoms with Gasteiger partial charge in [0.15, 0.2) is 5.75 Å².